The van der Waals surface area contributed by atoms with Gasteiger partial charge in [0.15, 0.2) is 0 Å². The van der Waals surface area contributed by atoms with Crippen LogP contribution in [0.5, 0.6) is 0 Å². The van der Waals surface area contributed by atoms with Crippen molar-refractivity contribution < 1.29 is 9.32 Å². The van der Waals surface area contributed by atoms with Crippen LogP contribution in [0.25, 0.3) is 0 Å². The highest BCUT2D eigenvalue weighted by Gasteiger charge is 2.12. The molecular formula is C12H13ClN4O2. The van der Waals surface area contributed by atoms with Crippen molar-refractivity contribution in [3.63, 3.8) is 0 Å². The van der Waals surface area contributed by atoms with Crippen molar-refractivity contribution in [1.29, 1.82) is 0 Å². The molecule has 3 N–H and O–H groups in total. The Bertz CT molecular complexity index is 560. The van der Waals surface area contributed by atoms with E-state index in [0.717, 1.165) is 5.56 Å². The second kappa shape index (κ2) is 5.71. The van der Waals surface area contributed by atoms with Gasteiger partial charge in [-0.05, 0) is 37.1 Å². The van der Waals surface area contributed by atoms with Crippen LogP contribution in [0.4, 0.5) is 11.5 Å². The van der Waals surface area contributed by atoms with Gasteiger partial charge in [-0.25, -0.2) is 4.98 Å². The van der Waals surface area contributed by atoms with Crippen molar-refractivity contribution >= 4 is 29.0 Å². The molecule has 0 fully saturated rings. The van der Waals surface area contributed by atoms with Crippen molar-refractivity contribution in [2.24, 2.45) is 0 Å². The van der Waals surface area contributed by atoms with Crippen molar-refractivity contribution in [3.05, 3.63) is 34.8 Å². The fraction of sp³-hybridized carbons (Fsp3) is 0.250. The van der Waals surface area contributed by atoms with E-state index in [0.29, 0.717) is 23.6 Å². The number of rotatable bonds is 4. The summed E-state index contributed by atoms with van der Waals surface area (Å²) in [7, 11) is 0. The lowest BCUT2D eigenvalue weighted by Crippen LogP contribution is -2.12. The highest BCUT2D eigenvalue weighted by molar-refractivity contribution is 6.29. The fourth-order valence-electron chi connectivity index (χ4n) is 1.58. The lowest BCUT2D eigenvalue weighted by Gasteiger charge is -2.04. The normalized spacial score (nSPS) is 10.4. The number of nitrogens with two attached hydrogens (primary N) is 1. The molecule has 0 atom stereocenters. The Kier molecular flexibility index (Phi) is 4.01. The highest BCUT2D eigenvalue weighted by Crippen LogP contribution is 2.20. The van der Waals surface area contributed by atoms with Gasteiger partial charge < -0.3 is 15.6 Å². The molecule has 7 heteroatoms. The quantitative estimate of drug-likeness (QED) is 0.895. The molecule has 1 amide bonds. The van der Waals surface area contributed by atoms with Crippen LogP contribution in [0, 0.1) is 6.92 Å². The molecule has 0 aliphatic heterocycles. The molecule has 2 rings (SSSR count). The highest BCUT2D eigenvalue weighted by atomic mass is 35.5. The number of aryl methyl sites for hydroxylation is 1. The molecule has 19 heavy (non-hydrogen) atoms. The first-order valence-corrected chi connectivity index (χ1v) is 6.06. The second-order valence-electron chi connectivity index (χ2n) is 4.04. The Hall–Kier alpha value is -2.08. The number of hydrogen-bond donors (Lipinski definition) is 2. The SMILES string of the molecule is Cc1noc(Cl)c1CCC(=O)Nc1ccc(N)nc1. The third kappa shape index (κ3) is 3.45. The maximum atomic E-state index is 11.8. The minimum absolute atomic E-state index is 0.136. The number of carbonyl (C=O) groups excluding carboxylic acids is 1. The van der Waals surface area contributed by atoms with Crippen molar-refractivity contribution in [3.8, 4) is 0 Å². The molecule has 100 valence electrons. The number of nitrogens with one attached hydrogen (secondary N) is 1. The molecule has 0 saturated carbocycles. The number of pyridine rings is 1. The molecule has 0 bridgehead atoms. The van der Waals surface area contributed by atoms with Crippen LogP contribution in [-0.2, 0) is 11.2 Å². The Morgan fingerprint density at radius 2 is 2.32 bits per heavy atom. The summed E-state index contributed by atoms with van der Waals surface area (Å²) < 4.78 is 4.82. The molecule has 2 aromatic heterocycles. The van der Waals surface area contributed by atoms with Crippen molar-refractivity contribution in [1.82, 2.24) is 10.1 Å². The monoisotopic (exact) mass is 280 g/mol. The Balaban J connectivity index is 1.90. The number of nitrogens with zero attached hydrogens (tertiary/aromatic N) is 2. The topological polar surface area (TPSA) is 94.0 Å². The molecule has 0 saturated heterocycles. The number of nitrogen functional groups attached to an aromatic ring is 1. The lowest BCUT2D eigenvalue weighted by molar-refractivity contribution is -0.116. The maximum Gasteiger partial charge on any atom is 0.229 e. The second-order valence-corrected chi connectivity index (χ2v) is 4.38. The number of amides is 1. The molecule has 6 nitrogen and oxygen atoms in total. The summed E-state index contributed by atoms with van der Waals surface area (Å²) in [5.41, 5.74) is 7.52. The third-order valence-corrected chi connectivity index (χ3v) is 2.91. The molecule has 2 aromatic rings. The van der Waals surface area contributed by atoms with E-state index in [-0.39, 0.29) is 17.5 Å². The average Bonchev–Trinajstić information content (AvgIpc) is 2.70. The van der Waals surface area contributed by atoms with Gasteiger partial charge >= 0.3 is 0 Å². The van der Waals surface area contributed by atoms with E-state index in [2.05, 4.69) is 15.5 Å². The van der Waals surface area contributed by atoms with Gasteiger partial charge in [0.05, 0.1) is 17.6 Å². The standard InChI is InChI=1S/C12H13ClN4O2/c1-7-9(12(13)19-17-7)3-5-11(18)16-8-2-4-10(14)15-6-8/h2,4,6H,3,5H2,1H3,(H2,14,15)(H,16,18). The van der Waals surface area contributed by atoms with Crippen LogP contribution < -0.4 is 11.1 Å². The van der Waals surface area contributed by atoms with Gasteiger partial charge in [-0.15, -0.1) is 0 Å². The van der Waals surface area contributed by atoms with Gasteiger partial charge in [0.2, 0.25) is 11.1 Å². The minimum atomic E-state index is -0.136. The number of anilines is 2. The summed E-state index contributed by atoms with van der Waals surface area (Å²) >= 11 is 5.82. The van der Waals surface area contributed by atoms with Gasteiger partial charge in [0.1, 0.15) is 5.82 Å². The summed E-state index contributed by atoms with van der Waals surface area (Å²) in [6.07, 6.45) is 2.26. The predicted molar refractivity (Wildman–Crippen MR) is 71.9 cm³/mol. The summed E-state index contributed by atoms with van der Waals surface area (Å²) in [6, 6.07) is 3.31. The fourth-order valence-corrected chi connectivity index (χ4v) is 1.85. The van der Waals surface area contributed by atoms with E-state index in [1.165, 1.54) is 6.20 Å². The van der Waals surface area contributed by atoms with Crippen LogP contribution >= 0.6 is 11.6 Å². The third-order valence-electron chi connectivity index (χ3n) is 2.61. The van der Waals surface area contributed by atoms with Gasteiger partial charge in [0, 0.05) is 12.0 Å². The van der Waals surface area contributed by atoms with E-state index in [4.69, 9.17) is 21.9 Å². The Morgan fingerprint density at radius 1 is 1.53 bits per heavy atom. The zero-order chi connectivity index (χ0) is 13.8. The average molecular weight is 281 g/mol. The minimum Gasteiger partial charge on any atom is -0.384 e. The molecule has 0 aliphatic rings. The first-order chi connectivity index (χ1) is 9.06. The Labute approximate surface area is 114 Å². The summed E-state index contributed by atoms with van der Waals surface area (Å²) in [6.45, 7) is 1.78. The summed E-state index contributed by atoms with van der Waals surface area (Å²) in [5.74, 6) is 0.271. The molecule has 0 spiro atoms. The zero-order valence-electron chi connectivity index (χ0n) is 10.3. The molecule has 0 radical (unpaired) electrons. The molecule has 0 aliphatic carbocycles. The first-order valence-electron chi connectivity index (χ1n) is 5.68. The Morgan fingerprint density at radius 3 is 2.89 bits per heavy atom. The van der Waals surface area contributed by atoms with Crippen molar-refractivity contribution in [2.75, 3.05) is 11.1 Å². The lowest BCUT2D eigenvalue weighted by atomic mass is 10.1. The number of hydrogen-bond acceptors (Lipinski definition) is 5. The summed E-state index contributed by atoms with van der Waals surface area (Å²) in [5, 5.41) is 6.68. The maximum absolute atomic E-state index is 11.8. The summed E-state index contributed by atoms with van der Waals surface area (Å²) in [4.78, 5) is 15.6. The number of carbonyl (C=O) groups is 1. The van der Waals surface area contributed by atoms with Crippen molar-refractivity contribution in [2.45, 2.75) is 19.8 Å². The van der Waals surface area contributed by atoms with Gasteiger partial charge in [-0.3, -0.25) is 4.79 Å². The van der Waals surface area contributed by atoms with Gasteiger partial charge in [-0.1, -0.05) is 5.16 Å². The van der Waals surface area contributed by atoms with E-state index in [1.807, 2.05) is 0 Å². The van der Waals surface area contributed by atoms with E-state index in [1.54, 1.807) is 19.1 Å². The first kappa shape index (κ1) is 13.4. The van der Waals surface area contributed by atoms with Crippen LogP contribution in [0.15, 0.2) is 22.9 Å². The van der Waals surface area contributed by atoms with Crippen LogP contribution in [0.1, 0.15) is 17.7 Å². The van der Waals surface area contributed by atoms with Gasteiger partial charge in [-0.2, -0.15) is 0 Å². The molecule has 0 unspecified atom stereocenters. The van der Waals surface area contributed by atoms with Gasteiger partial charge in [0.25, 0.3) is 0 Å². The molecular weight excluding hydrogens is 268 g/mol. The largest absolute Gasteiger partial charge is 0.384 e. The number of halogens is 1. The van der Waals surface area contributed by atoms with E-state index in [9.17, 15) is 4.79 Å². The molecule has 2 heterocycles. The van der Waals surface area contributed by atoms with Crippen LogP contribution in [0.3, 0.4) is 0 Å². The smallest absolute Gasteiger partial charge is 0.229 e. The number of aromatic nitrogens is 2. The zero-order valence-corrected chi connectivity index (χ0v) is 11.1. The predicted octanol–water partition coefficient (Wildman–Crippen LogP) is 2.18. The van der Waals surface area contributed by atoms with E-state index < -0.39 is 0 Å². The molecule has 0 aromatic carbocycles. The van der Waals surface area contributed by atoms with Crippen LogP contribution in [0.2, 0.25) is 5.22 Å². The van der Waals surface area contributed by atoms with Crippen LogP contribution in [-0.4, -0.2) is 16.0 Å². The van der Waals surface area contributed by atoms with E-state index >= 15 is 0 Å².